The van der Waals surface area contributed by atoms with E-state index >= 15 is 0 Å². The lowest BCUT2D eigenvalue weighted by molar-refractivity contribution is 0.00672. The maximum absolute atomic E-state index is 12.3. The van der Waals surface area contributed by atoms with Gasteiger partial charge < -0.3 is 14.6 Å². The van der Waals surface area contributed by atoms with Gasteiger partial charge in [0, 0.05) is 58.5 Å². The van der Waals surface area contributed by atoms with E-state index in [1.165, 1.54) is 6.26 Å². The topological polar surface area (TPSA) is 96.8 Å². The highest BCUT2D eigenvalue weighted by Gasteiger charge is 2.33. The Labute approximate surface area is 167 Å². The molecule has 2 saturated heterocycles. The third-order valence-corrected chi connectivity index (χ3v) is 6.93. The molecule has 3 rings (SSSR count). The molecule has 3 heterocycles. The number of nitrogens with one attached hydrogen (secondary N) is 1. The summed E-state index contributed by atoms with van der Waals surface area (Å²) in [6.45, 7) is 3.77. The van der Waals surface area contributed by atoms with E-state index in [9.17, 15) is 13.2 Å². The number of aryl methyl sites for hydroxylation is 1. The summed E-state index contributed by atoms with van der Waals surface area (Å²) in [6.07, 6.45) is 8.14. The van der Waals surface area contributed by atoms with Gasteiger partial charge in [0.2, 0.25) is 10.0 Å². The van der Waals surface area contributed by atoms with Crippen LogP contribution in [-0.4, -0.2) is 90.8 Å². The van der Waals surface area contributed by atoms with Gasteiger partial charge >= 0.3 is 0 Å². The SMILES string of the molecule is Cn1cncc1C(=O)NCCN(C1CCOCC1)C1CCCN(S(C)(=O)=O)C1. The molecule has 158 valence electrons. The molecule has 0 aromatic carbocycles. The number of sulfonamides is 1. The Hall–Kier alpha value is -1.49. The van der Waals surface area contributed by atoms with Crippen molar-refractivity contribution in [3.63, 3.8) is 0 Å². The largest absolute Gasteiger partial charge is 0.381 e. The van der Waals surface area contributed by atoms with Gasteiger partial charge in [-0.3, -0.25) is 9.69 Å². The normalized spacial score (nSPS) is 22.5. The number of hydrogen-bond donors (Lipinski definition) is 1. The Morgan fingerprint density at radius 2 is 2.07 bits per heavy atom. The molecule has 2 aliphatic heterocycles. The third-order valence-electron chi connectivity index (χ3n) is 5.66. The molecule has 0 spiro atoms. The van der Waals surface area contributed by atoms with E-state index < -0.39 is 10.0 Å². The van der Waals surface area contributed by atoms with E-state index in [2.05, 4.69) is 15.2 Å². The Bertz CT molecular complexity index is 760. The van der Waals surface area contributed by atoms with Crippen LogP contribution in [0.3, 0.4) is 0 Å². The number of ether oxygens (including phenoxy) is 1. The van der Waals surface area contributed by atoms with Crippen molar-refractivity contribution in [2.45, 2.75) is 37.8 Å². The molecular weight excluding hydrogens is 382 g/mol. The number of carbonyl (C=O) groups is 1. The maximum atomic E-state index is 12.3. The van der Waals surface area contributed by atoms with E-state index in [0.29, 0.717) is 37.9 Å². The predicted octanol–water partition coefficient (Wildman–Crippen LogP) is 0.0549. The van der Waals surface area contributed by atoms with Crippen LogP contribution in [0.2, 0.25) is 0 Å². The van der Waals surface area contributed by atoms with Crippen LogP contribution in [0, 0.1) is 0 Å². The van der Waals surface area contributed by atoms with Gasteiger partial charge in [-0.1, -0.05) is 0 Å². The summed E-state index contributed by atoms with van der Waals surface area (Å²) < 4.78 is 32.8. The Balaban J connectivity index is 1.63. The number of hydrogen-bond acceptors (Lipinski definition) is 6. The highest BCUT2D eigenvalue weighted by molar-refractivity contribution is 7.88. The van der Waals surface area contributed by atoms with Crippen LogP contribution in [0.5, 0.6) is 0 Å². The monoisotopic (exact) mass is 413 g/mol. The molecule has 0 saturated carbocycles. The number of carbonyl (C=O) groups excluding carboxylic acids is 1. The maximum Gasteiger partial charge on any atom is 0.269 e. The molecule has 2 fully saturated rings. The van der Waals surface area contributed by atoms with E-state index in [1.54, 1.807) is 28.4 Å². The van der Waals surface area contributed by atoms with Crippen molar-refractivity contribution in [1.29, 1.82) is 0 Å². The Morgan fingerprint density at radius 1 is 1.32 bits per heavy atom. The lowest BCUT2D eigenvalue weighted by atomic mass is 9.99. The van der Waals surface area contributed by atoms with Crippen LogP contribution in [-0.2, 0) is 21.8 Å². The second-order valence-corrected chi connectivity index (χ2v) is 9.63. The quantitative estimate of drug-likeness (QED) is 0.679. The van der Waals surface area contributed by atoms with Crippen LogP contribution in [0.4, 0.5) is 0 Å². The van der Waals surface area contributed by atoms with Crippen LogP contribution in [0.15, 0.2) is 12.5 Å². The van der Waals surface area contributed by atoms with Crippen molar-refractivity contribution < 1.29 is 17.9 Å². The van der Waals surface area contributed by atoms with E-state index in [-0.39, 0.29) is 11.9 Å². The van der Waals surface area contributed by atoms with Crippen LogP contribution >= 0.6 is 0 Å². The van der Waals surface area contributed by atoms with Crippen LogP contribution < -0.4 is 5.32 Å². The first kappa shape index (κ1) is 21.2. The van der Waals surface area contributed by atoms with Crippen LogP contribution in [0.25, 0.3) is 0 Å². The molecule has 28 heavy (non-hydrogen) atoms. The molecule has 9 nitrogen and oxygen atoms in total. The van der Waals surface area contributed by atoms with E-state index in [1.807, 2.05) is 0 Å². The molecule has 1 aromatic rings. The number of aromatic nitrogens is 2. The van der Waals surface area contributed by atoms with Crippen molar-refractivity contribution in [3.05, 3.63) is 18.2 Å². The zero-order valence-corrected chi connectivity index (χ0v) is 17.5. The summed E-state index contributed by atoms with van der Waals surface area (Å²) in [5, 5.41) is 2.97. The number of amides is 1. The van der Waals surface area contributed by atoms with Gasteiger partial charge in [0.1, 0.15) is 5.69 Å². The van der Waals surface area contributed by atoms with E-state index in [0.717, 1.165) is 38.9 Å². The predicted molar refractivity (Wildman–Crippen MR) is 106 cm³/mol. The fraction of sp³-hybridized carbons (Fsp3) is 0.778. The summed E-state index contributed by atoms with van der Waals surface area (Å²) in [5.74, 6) is -0.145. The van der Waals surface area contributed by atoms with Gasteiger partial charge in [-0.15, -0.1) is 0 Å². The van der Waals surface area contributed by atoms with Gasteiger partial charge in [0.25, 0.3) is 5.91 Å². The molecule has 1 N–H and O–H groups in total. The Kier molecular flexibility index (Phi) is 7.08. The highest BCUT2D eigenvalue weighted by atomic mass is 32.2. The molecule has 1 atom stereocenters. The first-order valence-electron chi connectivity index (χ1n) is 9.89. The smallest absolute Gasteiger partial charge is 0.269 e. The number of nitrogens with zero attached hydrogens (tertiary/aromatic N) is 4. The molecule has 0 bridgehead atoms. The summed E-state index contributed by atoms with van der Waals surface area (Å²) in [5.41, 5.74) is 0.526. The zero-order valence-electron chi connectivity index (χ0n) is 16.7. The summed E-state index contributed by atoms with van der Waals surface area (Å²) in [7, 11) is -1.40. The Morgan fingerprint density at radius 3 is 2.71 bits per heavy atom. The summed E-state index contributed by atoms with van der Waals surface area (Å²) in [6, 6.07) is 0.520. The highest BCUT2D eigenvalue weighted by Crippen LogP contribution is 2.24. The molecule has 1 unspecified atom stereocenters. The number of rotatable bonds is 7. The number of piperidine rings is 1. The molecule has 10 heteroatoms. The minimum Gasteiger partial charge on any atom is -0.381 e. The second kappa shape index (κ2) is 9.34. The zero-order chi connectivity index (χ0) is 20.1. The summed E-state index contributed by atoms with van der Waals surface area (Å²) >= 11 is 0. The van der Waals surface area contributed by atoms with Gasteiger partial charge in [0.05, 0.1) is 18.8 Å². The summed E-state index contributed by atoms with van der Waals surface area (Å²) in [4.78, 5) is 18.7. The minimum atomic E-state index is -3.19. The van der Waals surface area contributed by atoms with Gasteiger partial charge in [-0.2, -0.15) is 0 Å². The fourth-order valence-corrected chi connectivity index (χ4v) is 5.04. The minimum absolute atomic E-state index is 0.145. The molecule has 1 aromatic heterocycles. The molecule has 2 aliphatic rings. The molecule has 0 aliphatic carbocycles. The fourth-order valence-electron chi connectivity index (χ4n) is 4.14. The first-order chi connectivity index (χ1) is 13.4. The van der Waals surface area contributed by atoms with Crippen molar-refractivity contribution in [2.24, 2.45) is 7.05 Å². The lowest BCUT2D eigenvalue weighted by Crippen LogP contribution is -2.55. The van der Waals surface area contributed by atoms with Crippen molar-refractivity contribution in [1.82, 2.24) is 24.1 Å². The standard InChI is InChI=1S/C18H31N5O4S/c1-21-14-19-12-17(21)18(24)20-7-9-23(15-5-10-27-11-6-15)16-4-3-8-22(13-16)28(2,25)26/h12,14-16H,3-11,13H2,1-2H3,(H,20,24). The average molecular weight is 414 g/mol. The van der Waals surface area contributed by atoms with Crippen LogP contribution in [0.1, 0.15) is 36.2 Å². The number of imidazole rings is 1. The molecule has 0 radical (unpaired) electrons. The van der Waals surface area contributed by atoms with Crippen molar-refractivity contribution >= 4 is 15.9 Å². The average Bonchev–Trinajstić information content (AvgIpc) is 3.11. The van der Waals surface area contributed by atoms with Crippen molar-refractivity contribution in [2.75, 3.05) is 45.6 Å². The molecular formula is C18H31N5O4S. The van der Waals surface area contributed by atoms with Crippen molar-refractivity contribution in [3.8, 4) is 0 Å². The second-order valence-electron chi connectivity index (χ2n) is 7.64. The molecule has 1 amide bonds. The third kappa shape index (κ3) is 5.31. The van der Waals surface area contributed by atoms with Gasteiger partial charge in [-0.05, 0) is 25.7 Å². The van der Waals surface area contributed by atoms with E-state index in [4.69, 9.17) is 4.74 Å². The van der Waals surface area contributed by atoms with Gasteiger partial charge in [-0.25, -0.2) is 17.7 Å². The lowest BCUT2D eigenvalue weighted by Gasteiger charge is -2.43. The van der Waals surface area contributed by atoms with Gasteiger partial charge in [0.15, 0.2) is 0 Å². The first-order valence-corrected chi connectivity index (χ1v) is 11.7.